The summed E-state index contributed by atoms with van der Waals surface area (Å²) in [5.41, 5.74) is 1.28. The number of ether oxygens (including phenoxy) is 3. The summed E-state index contributed by atoms with van der Waals surface area (Å²) in [5, 5.41) is 9.21. The number of aliphatic carboxylic acids is 1. The largest absolute Gasteiger partial charge is 0.481 e. The lowest BCUT2D eigenvalue weighted by molar-refractivity contribution is -0.173. The van der Waals surface area contributed by atoms with Crippen molar-refractivity contribution in [3.8, 4) is 0 Å². The zero-order valence-corrected chi connectivity index (χ0v) is 18.9. The summed E-state index contributed by atoms with van der Waals surface area (Å²) < 4.78 is 15.5. The van der Waals surface area contributed by atoms with Gasteiger partial charge in [-0.1, -0.05) is 39.3 Å². The fourth-order valence-corrected chi connectivity index (χ4v) is 5.90. The molecule has 0 aromatic rings. The van der Waals surface area contributed by atoms with Crippen LogP contribution >= 0.6 is 0 Å². The lowest BCUT2D eigenvalue weighted by Gasteiger charge is -2.58. The Morgan fingerprint density at radius 3 is 2.33 bits per heavy atom. The van der Waals surface area contributed by atoms with E-state index in [4.69, 9.17) is 14.2 Å². The van der Waals surface area contributed by atoms with Gasteiger partial charge in [-0.2, -0.15) is 0 Å². The summed E-state index contributed by atoms with van der Waals surface area (Å²) in [4.78, 5) is 35.9. The van der Waals surface area contributed by atoms with Crippen LogP contribution in [-0.4, -0.2) is 49.9 Å². The molecule has 5 atom stereocenters. The highest BCUT2D eigenvalue weighted by atomic mass is 16.6. The molecule has 0 saturated heterocycles. The maximum Gasteiger partial charge on any atom is 0.335 e. The lowest BCUT2D eigenvalue weighted by atomic mass is 9.48. The Morgan fingerprint density at radius 1 is 1.13 bits per heavy atom. The van der Waals surface area contributed by atoms with Crippen LogP contribution in [0.3, 0.4) is 0 Å². The number of methoxy groups -OCH3 is 2. The highest BCUT2D eigenvalue weighted by Gasteiger charge is 2.53. The standard InChI is InChI=1S/C23H36O7/c1-14-8-9-17-22(2,3)10-7-11-23(17,4)16(14)13-30-19(21(27)29-6)15(12-18(24)25)20(26)28-5/h15-17,19H,1,7-13H2,2-6H3,(H,24,25)/t15-,16-,17-,19+,23-/m0/s1. The summed E-state index contributed by atoms with van der Waals surface area (Å²) in [6, 6.07) is 0. The van der Waals surface area contributed by atoms with Crippen molar-refractivity contribution in [2.24, 2.45) is 28.6 Å². The number of carboxylic acid groups (broad SMARTS) is 1. The average molecular weight is 425 g/mol. The van der Waals surface area contributed by atoms with Crippen molar-refractivity contribution in [3.63, 3.8) is 0 Å². The third-order valence-corrected chi connectivity index (χ3v) is 7.46. The summed E-state index contributed by atoms with van der Waals surface area (Å²) in [7, 11) is 2.35. The molecule has 0 unspecified atom stereocenters. The van der Waals surface area contributed by atoms with Gasteiger partial charge in [0.05, 0.1) is 27.2 Å². The number of carboxylic acids is 1. The van der Waals surface area contributed by atoms with E-state index in [2.05, 4.69) is 27.4 Å². The van der Waals surface area contributed by atoms with Crippen molar-refractivity contribution in [1.29, 1.82) is 0 Å². The molecule has 0 aromatic carbocycles. The van der Waals surface area contributed by atoms with Gasteiger partial charge >= 0.3 is 17.9 Å². The minimum atomic E-state index is -1.34. The van der Waals surface area contributed by atoms with Crippen LogP contribution in [0.1, 0.15) is 59.3 Å². The first kappa shape index (κ1) is 24.4. The van der Waals surface area contributed by atoms with E-state index in [1.807, 2.05) is 0 Å². The third-order valence-electron chi connectivity index (χ3n) is 7.46. The molecule has 7 heteroatoms. The maximum atomic E-state index is 12.4. The van der Waals surface area contributed by atoms with Crippen LogP contribution in [0.5, 0.6) is 0 Å². The monoisotopic (exact) mass is 424 g/mol. The van der Waals surface area contributed by atoms with Crippen LogP contribution in [0, 0.1) is 28.6 Å². The minimum Gasteiger partial charge on any atom is -0.481 e. The summed E-state index contributed by atoms with van der Waals surface area (Å²) in [6.45, 7) is 11.4. The first-order valence-electron chi connectivity index (χ1n) is 10.6. The number of carbonyl (C=O) groups excluding carboxylic acids is 2. The highest BCUT2D eigenvalue weighted by molar-refractivity contribution is 5.86. The summed E-state index contributed by atoms with van der Waals surface area (Å²) >= 11 is 0. The molecule has 0 aromatic heterocycles. The maximum absolute atomic E-state index is 12.4. The van der Waals surface area contributed by atoms with Crippen LogP contribution in [-0.2, 0) is 28.6 Å². The van der Waals surface area contributed by atoms with Crippen molar-refractivity contribution < 1.29 is 33.7 Å². The molecule has 2 rings (SSSR count). The number of hydrogen-bond donors (Lipinski definition) is 1. The molecule has 2 aliphatic rings. The smallest absolute Gasteiger partial charge is 0.335 e. The summed E-state index contributed by atoms with van der Waals surface area (Å²) in [6.07, 6.45) is 3.42. The first-order chi connectivity index (χ1) is 14.0. The van der Waals surface area contributed by atoms with E-state index in [0.717, 1.165) is 38.4 Å². The summed E-state index contributed by atoms with van der Waals surface area (Å²) in [5.74, 6) is -3.55. The van der Waals surface area contributed by atoms with E-state index in [0.29, 0.717) is 5.92 Å². The van der Waals surface area contributed by atoms with E-state index in [-0.39, 0.29) is 23.4 Å². The van der Waals surface area contributed by atoms with Gasteiger partial charge in [0.15, 0.2) is 6.10 Å². The normalized spacial score (nSPS) is 30.0. The Hall–Kier alpha value is -1.89. The number of esters is 2. The molecule has 0 aliphatic heterocycles. The van der Waals surface area contributed by atoms with Gasteiger partial charge in [0.2, 0.25) is 0 Å². The average Bonchev–Trinajstić information content (AvgIpc) is 2.66. The molecule has 7 nitrogen and oxygen atoms in total. The quantitative estimate of drug-likeness (QED) is 0.469. The van der Waals surface area contributed by atoms with Crippen molar-refractivity contribution in [1.82, 2.24) is 0 Å². The Bertz CT molecular complexity index is 683. The molecule has 170 valence electrons. The van der Waals surface area contributed by atoms with Crippen LogP contribution in [0.25, 0.3) is 0 Å². The number of hydrogen-bond acceptors (Lipinski definition) is 6. The predicted octanol–water partition coefficient (Wildman–Crippen LogP) is 3.61. The molecule has 0 spiro atoms. The van der Waals surface area contributed by atoms with Crippen molar-refractivity contribution >= 4 is 17.9 Å². The number of carbonyl (C=O) groups is 3. The molecule has 2 aliphatic carbocycles. The topological polar surface area (TPSA) is 99.1 Å². The fourth-order valence-electron chi connectivity index (χ4n) is 5.90. The van der Waals surface area contributed by atoms with Gasteiger partial charge in [0, 0.05) is 5.92 Å². The Balaban J connectivity index is 2.28. The van der Waals surface area contributed by atoms with E-state index in [9.17, 15) is 19.5 Å². The Morgan fingerprint density at radius 2 is 1.77 bits per heavy atom. The molecule has 0 radical (unpaired) electrons. The van der Waals surface area contributed by atoms with E-state index < -0.39 is 36.4 Å². The Kier molecular flexibility index (Phi) is 7.72. The Labute approximate surface area is 179 Å². The van der Waals surface area contributed by atoms with Gasteiger partial charge < -0.3 is 19.3 Å². The van der Waals surface area contributed by atoms with E-state index in [1.54, 1.807) is 0 Å². The second-order valence-corrected chi connectivity index (χ2v) is 9.65. The number of rotatable bonds is 8. The molecule has 0 heterocycles. The zero-order chi connectivity index (χ0) is 22.7. The van der Waals surface area contributed by atoms with Crippen LogP contribution in [0.4, 0.5) is 0 Å². The molecule has 30 heavy (non-hydrogen) atoms. The fraction of sp³-hybridized carbons (Fsp3) is 0.783. The van der Waals surface area contributed by atoms with Gasteiger partial charge in [-0.15, -0.1) is 0 Å². The van der Waals surface area contributed by atoms with Gasteiger partial charge in [-0.05, 0) is 42.4 Å². The molecule has 2 saturated carbocycles. The van der Waals surface area contributed by atoms with E-state index >= 15 is 0 Å². The second kappa shape index (κ2) is 9.50. The molecule has 0 bridgehead atoms. The molecule has 0 amide bonds. The highest BCUT2D eigenvalue weighted by Crippen LogP contribution is 2.60. The van der Waals surface area contributed by atoms with Gasteiger partial charge in [-0.25, -0.2) is 4.79 Å². The predicted molar refractivity (Wildman–Crippen MR) is 111 cm³/mol. The number of fused-ring (bicyclic) bond motifs is 1. The van der Waals surface area contributed by atoms with Gasteiger partial charge in [0.1, 0.15) is 5.92 Å². The first-order valence-corrected chi connectivity index (χ1v) is 10.6. The van der Waals surface area contributed by atoms with Crippen molar-refractivity contribution in [2.45, 2.75) is 65.4 Å². The molecule has 1 N–H and O–H groups in total. The van der Waals surface area contributed by atoms with E-state index in [1.165, 1.54) is 13.5 Å². The van der Waals surface area contributed by atoms with Crippen molar-refractivity contribution in [3.05, 3.63) is 12.2 Å². The van der Waals surface area contributed by atoms with Gasteiger partial charge in [0.25, 0.3) is 0 Å². The third kappa shape index (κ3) is 4.88. The van der Waals surface area contributed by atoms with Crippen LogP contribution < -0.4 is 0 Å². The SMILES string of the molecule is C=C1CC[C@H]2C(C)(C)CCC[C@@]2(C)[C@H]1CO[C@@H](C(=O)OC)[C@H](CC(=O)O)C(=O)OC. The molecular weight excluding hydrogens is 388 g/mol. The molecule has 2 fully saturated rings. The minimum absolute atomic E-state index is 0.0195. The van der Waals surface area contributed by atoms with Crippen LogP contribution in [0.2, 0.25) is 0 Å². The zero-order valence-electron chi connectivity index (χ0n) is 18.9. The van der Waals surface area contributed by atoms with Gasteiger partial charge in [-0.3, -0.25) is 9.59 Å². The lowest BCUT2D eigenvalue weighted by Crippen LogP contribution is -2.51. The second-order valence-electron chi connectivity index (χ2n) is 9.65. The molecular formula is C23H36O7. The van der Waals surface area contributed by atoms with Crippen molar-refractivity contribution in [2.75, 3.05) is 20.8 Å². The van der Waals surface area contributed by atoms with Crippen LogP contribution in [0.15, 0.2) is 12.2 Å².